The van der Waals surface area contributed by atoms with Crippen molar-refractivity contribution in [2.24, 2.45) is 0 Å². The summed E-state index contributed by atoms with van der Waals surface area (Å²) in [6, 6.07) is 38.1. The van der Waals surface area contributed by atoms with Crippen molar-refractivity contribution < 1.29 is 0 Å². The van der Waals surface area contributed by atoms with Gasteiger partial charge in [-0.1, -0.05) is 132 Å². The standard InChI is InChI=1S/C33H30/c1-24-11-7-16-28(21-24)33(29-17-8-12-25(2)22-29,30-18-9-13-26(3)23-30)32-20-10-19-31(32)27-14-5-4-6-15-27/h4-19,21-23H,20H2,1-3H3. The van der Waals surface area contributed by atoms with Crippen molar-refractivity contribution in [1.29, 1.82) is 0 Å². The Balaban J connectivity index is 1.95. The summed E-state index contributed by atoms with van der Waals surface area (Å²) in [5.41, 5.74) is 11.5. The van der Waals surface area contributed by atoms with Crippen LogP contribution in [0.3, 0.4) is 0 Å². The third-order valence-electron chi connectivity index (χ3n) is 6.82. The Labute approximate surface area is 198 Å². The molecule has 0 unspecified atom stereocenters. The molecule has 33 heavy (non-hydrogen) atoms. The van der Waals surface area contributed by atoms with E-state index in [0.29, 0.717) is 0 Å². The SMILES string of the molecule is Cc1cccc(C(C2=C(c3ccccc3)C=CC2)(c2cccc(C)c2)c2cccc(C)c2)c1. The van der Waals surface area contributed by atoms with Crippen LogP contribution in [0.15, 0.2) is 121 Å². The molecule has 0 heteroatoms. The fourth-order valence-corrected chi connectivity index (χ4v) is 5.41. The van der Waals surface area contributed by atoms with Gasteiger partial charge in [-0.15, -0.1) is 0 Å². The molecule has 0 saturated heterocycles. The number of rotatable bonds is 5. The molecule has 0 atom stereocenters. The zero-order valence-electron chi connectivity index (χ0n) is 19.7. The summed E-state index contributed by atoms with van der Waals surface area (Å²) in [6.07, 6.45) is 5.58. The van der Waals surface area contributed by atoms with E-state index in [2.05, 4.69) is 136 Å². The van der Waals surface area contributed by atoms with E-state index >= 15 is 0 Å². The Bertz CT molecular complexity index is 1240. The number of hydrogen-bond donors (Lipinski definition) is 0. The largest absolute Gasteiger partial charge is 0.0798 e. The van der Waals surface area contributed by atoms with Crippen molar-refractivity contribution in [3.8, 4) is 0 Å². The molecule has 0 aromatic heterocycles. The quantitative estimate of drug-likeness (QED) is 0.281. The third kappa shape index (κ3) is 3.76. The fraction of sp³-hybridized carbons (Fsp3) is 0.152. The second-order valence-corrected chi connectivity index (χ2v) is 9.22. The van der Waals surface area contributed by atoms with Crippen LogP contribution in [0.1, 0.15) is 45.4 Å². The van der Waals surface area contributed by atoms with Crippen molar-refractivity contribution in [2.45, 2.75) is 32.6 Å². The van der Waals surface area contributed by atoms with E-state index in [0.717, 1.165) is 6.42 Å². The highest BCUT2D eigenvalue weighted by molar-refractivity contribution is 5.84. The first-order valence-electron chi connectivity index (χ1n) is 11.8. The molecule has 0 N–H and O–H groups in total. The maximum absolute atomic E-state index is 2.37. The molecule has 0 spiro atoms. The number of hydrogen-bond acceptors (Lipinski definition) is 0. The minimum Gasteiger partial charge on any atom is -0.0798 e. The molecule has 0 heterocycles. The lowest BCUT2D eigenvalue weighted by atomic mass is 9.62. The number of allylic oxidation sites excluding steroid dienone is 4. The monoisotopic (exact) mass is 426 g/mol. The third-order valence-corrected chi connectivity index (χ3v) is 6.82. The first-order chi connectivity index (χ1) is 16.1. The predicted molar refractivity (Wildman–Crippen MR) is 141 cm³/mol. The Morgan fingerprint density at radius 1 is 0.545 bits per heavy atom. The summed E-state index contributed by atoms with van der Waals surface area (Å²) in [4.78, 5) is 0. The molecule has 5 rings (SSSR count). The van der Waals surface area contributed by atoms with Gasteiger partial charge in [0.05, 0.1) is 5.41 Å². The van der Waals surface area contributed by atoms with Crippen LogP contribution in [-0.4, -0.2) is 0 Å². The van der Waals surface area contributed by atoms with E-state index in [4.69, 9.17) is 0 Å². The summed E-state index contributed by atoms with van der Waals surface area (Å²) >= 11 is 0. The van der Waals surface area contributed by atoms with Crippen molar-refractivity contribution in [1.82, 2.24) is 0 Å². The van der Waals surface area contributed by atoms with Crippen LogP contribution in [0.5, 0.6) is 0 Å². The maximum Gasteiger partial charge on any atom is 0.0673 e. The molecule has 0 fully saturated rings. The van der Waals surface area contributed by atoms with E-state index in [9.17, 15) is 0 Å². The van der Waals surface area contributed by atoms with Crippen molar-refractivity contribution in [3.63, 3.8) is 0 Å². The molecule has 0 saturated carbocycles. The van der Waals surface area contributed by atoms with Gasteiger partial charge in [-0.2, -0.15) is 0 Å². The lowest BCUT2D eigenvalue weighted by Gasteiger charge is -2.39. The van der Waals surface area contributed by atoms with E-state index in [1.807, 2.05) is 0 Å². The van der Waals surface area contributed by atoms with Crippen LogP contribution in [0.25, 0.3) is 5.57 Å². The highest BCUT2D eigenvalue weighted by Gasteiger charge is 2.42. The normalized spacial score (nSPS) is 13.5. The van der Waals surface area contributed by atoms with Crippen LogP contribution in [-0.2, 0) is 5.41 Å². The lowest BCUT2D eigenvalue weighted by molar-refractivity contribution is 0.711. The van der Waals surface area contributed by atoms with Crippen molar-refractivity contribution >= 4 is 5.57 Å². The Hall–Kier alpha value is -3.64. The molecule has 4 aromatic rings. The van der Waals surface area contributed by atoms with E-state index in [1.165, 1.54) is 50.1 Å². The van der Waals surface area contributed by atoms with Crippen LogP contribution < -0.4 is 0 Å². The minimum atomic E-state index is -0.376. The second-order valence-electron chi connectivity index (χ2n) is 9.22. The van der Waals surface area contributed by atoms with Crippen LogP contribution in [0.2, 0.25) is 0 Å². The smallest absolute Gasteiger partial charge is 0.0673 e. The molecule has 4 aromatic carbocycles. The minimum absolute atomic E-state index is 0.376. The molecular weight excluding hydrogens is 396 g/mol. The number of benzene rings is 4. The Morgan fingerprint density at radius 3 is 1.48 bits per heavy atom. The molecule has 1 aliphatic carbocycles. The van der Waals surface area contributed by atoms with Gasteiger partial charge in [0.15, 0.2) is 0 Å². The first-order valence-corrected chi connectivity index (χ1v) is 11.8. The first kappa shape index (κ1) is 21.2. The predicted octanol–water partition coefficient (Wildman–Crippen LogP) is 8.36. The summed E-state index contributed by atoms with van der Waals surface area (Å²) in [5.74, 6) is 0. The van der Waals surface area contributed by atoms with Gasteiger partial charge in [0, 0.05) is 0 Å². The highest BCUT2D eigenvalue weighted by atomic mass is 14.4. The van der Waals surface area contributed by atoms with E-state index < -0.39 is 0 Å². The molecule has 0 nitrogen and oxygen atoms in total. The van der Waals surface area contributed by atoms with Gasteiger partial charge < -0.3 is 0 Å². The fourth-order valence-electron chi connectivity index (χ4n) is 5.41. The van der Waals surface area contributed by atoms with Gasteiger partial charge in [-0.05, 0) is 60.6 Å². The summed E-state index contributed by atoms with van der Waals surface area (Å²) in [5, 5.41) is 0. The van der Waals surface area contributed by atoms with Crippen LogP contribution >= 0.6 is 0 Å². The van der Waals surface area contributed by atoms with Gasteiger partial charge in [-0.25, -0.2) is 0 Å². The molecule has 1 aliphatic rings. The maximum atomic E-state index is 2.37. The zero-order chi connectivity index (χ0) is 22.8. The van der Waals surface area contributed by atoms with Crippen LogP contribution in [0, 0.1) is 20.8 Å². The lowest BCUT2D eigenvalue weighted by Crippen LogP contribution is -2.32. The summed E-state index contributed by atoms with van der Waals surface area (Å²) in [7, 11) is 0. The molecule has 162 valence electrons. The molecule has 0 aliphatic heterocycles. The van der Waals surface area contributed by atoms with Gasteiger partial charge >= 0.3 is 0 Å². The molecule has 0 amide bonds. The second kappa shape index (κ2) is 8.71. The van der Waals surface area contributed by atoms with Gasteiger partial charge in [0.1, 0.15) is 0 Å². The summed E-state index contributed by atoms with van der Waals surface area (Å²) in [6.45, 7) is 6.58. The zero-order valence-corrected chi connectivity index (χ0v) is 19.7. The van der Waals surface area contributed by atoms with E-state index in [-0.39, 0.29) is 5.41 Å². The average Bonchev–Trinajstić information content (AvgIpc) is 3.31. The Morgan fingerprint density at radius 2 is 1.03 bits per heavy atom. The molecular formula is C33H30. The van der Waals surface area contributed by atoms with Crippen molar-refractivity contribution in [3.05, 3.63) is 160 Å². The topological polar surface area (TPSA) is 0 Å². The van der Waals surface area contributed by atoms with Gasteiger partial charge in [0.25, 0.3) is 0 Å². The molecule has 0 radical (unpaired) electrons. The van der Waals surface area contributed by atoms with Gasteiger partial charge in [0.2, 0.25) is 0 Å². The van der Waals surface area contributed by atoms with Crippen LogP contribution in [0.4, 0.5) is 0 Å². The van der Waals surface area contributed by atoms with Gasteiger partial charge in [-0.3, -0.25) is 0 Å². The van der Waals surface area contributed by atoms with E-state index in [1.54, 1.807) is 0 Å². The Kier molecular flexibility index (Phi) is 5.60. The van der Waals surface area contributed by atoms with Crippen molar-refractivity contribution in [2.75, 3.05) is 0 Å². The average molecular weight is 427 g/mol. The molecule has 0 bridgehead atoms. The summed E-state index contributed by atoms with van der Waals surface area (Å²) < 4.78 is 0. The number of aryl methyl sites for hydroxylation is 3. The highest BCUT2D eigenvalue weighted by Crippen LogP contribution is 2.51.